The fraction of sp³-hybridized carbons (Fsp3) is 0.692. The summed E-state index contributed by atoms with van der Waals surface area (Å²) in [6.45, 7) is 3.96. The number of hydrogen-bond acceptors (Lipinski definition) is 3. The van der Waals surface area contributed by atoms with Crippen molar-refractivity contribution in [2.75, 3.05) is 13.1 Å². The number of alkyl halides is 3. The zero-order valence-electron chi connectivity index (χ0n) is 12.4. The van der Waals surface area contributed by atoms with Crippen LogP contribution < -0.4 is 0 Å². The molecule has 0 radical (unpaired) electrons. The van der Waals surface area contributed by atoms with Gasteiger partial charge in [0.2, 0.25) is 0 Å². The molecule has 0 bridgehead atoms. The van der Waals surface area contributed by atoms with E-state index in [0.29, 0.717) is 6.42 Å². The largest absolute Gasteiger partial charge is 0.436 e. The van der Waals surface area contributed by atoms with Gasteiger partial charge in [-0.15, -0.1) is 0 Å². The summed E-state index contributed by atoms with van der Waals surface area (Å²) in [7, 11) is 1.25. The molecule has 1 aromatic rings. The van der Waals surface area contributed by atoms with E-state index >= 15 is 0 Å². The first-order valence-electron chi connectivity index (χ1n) is 6.76. The van der Waals surface area contributed by atoms with E-state index in [9.17, 15) is 23.1 Å². The fourth-order valence-corrected chi connectivity index (χ4v) is 2.82. The van der Waals surface area contributed by atoms with Gasteiger partial charge in [-0.05, 0) is 13.3 Å². The van der Waals surface area contributed by atoms with Crippen LogP contribution in [-0.2, 0) is 13.2 Å². The van der Waals surface area contributed by atoms with Crippen LogP contribution in [0.1, 0.15) is 36.5 Å². The van der Waals surface area contributed by atoms with Crippen molar-refractivity contribution in [3.8, 4) is 0 Å². The van der Waals surface area contributed by atoms with E-state index in [1.807, 2.05) is 0 Å². The van der Waals surface area contributed by atoms with Gasteiger partial charge >= 0.3 is 6.18 Å². The number of nitrogens with zero attached hydrogens (tertiary/aromatic N) is 3. The molecule has 0 aliphatic carbocycles. The molecule has 5 nitrogen and oxygen atoms in total. The molecule has 1 amide bonds. The van der Waals surface area contributed by atoms with Gasteiger partial charge in [-0.1, -0.05) is 18.5 Å². The molecule has 1 aliphatic heterocycles. The van der Waals surface area contributed by atoms with Crippen molar-refractivity contribution in [2.24, 2.45) is 13.0 Å². The summed E-state index contributed by atoms with van der Waals surface area (Å²) in [5, 5.41) is 12.7. The number of amides is 1. The van der Waals surface area contributed by atoms with Crippen LogP contribution in [0.25, 0.3) is 0 Å². The van der Waals surface area contributed by atoms with Gasteiger partial charge < -0.3 is 10.0 Å². The molecule has 0 saturated carbocycles. The third-order valence-corrected chi connectivity index (χ3v) is 4.55. The topological polar surface area (TPSA) is 58.4 Å². The normalized spacial score (nSPS) is 26.4. The van der Waals surface area contributed by atoms with Gasteiger partial charge in [0.1, 0.15) is 10.7 Å². The number of likely N-dealkylation sites (tertiary alicyclic amines) is 1. The van der Waals surface area contributed by atoms with Crippen LogP contribution in [0.3, 0.4) is 0 Å². The lowest BCUT2D eigenvalue weighted by molar-refractivity contribution is -0.141. The van der Waals surface area contributed by atoms with Crippen LogP contribution in [0.4, 0.5) is 13.2 Å². The summed E-state index contributed by atoms with van der Waals surface area (Å²) >= 11 is 5.72. The number of piperidine rings is 1. The highest BCUT2D eigenvalue weighted by molar-refractivity contribution is 6.34. The van der Waals surface area contributed by atoms with Crippen molar-refractivity contribution in [2.45, 2.75) is 32.0 Å². The minimum absolute atomic E-state index is 0.195. The van der Waals surface area contributed by atoms with Gasteiger partial charge in [-0.3, -0.25) is 9.48 Å². The van der Waals surface area contributed by atoms with Crippen molar-refractivity contribution >= 4 is 17.5 Å². The molecule has 2 rings (SSSR count). The lowest BCUT2D eigenvalue weighted by atomic mass is 9.84. The SMILES string of the molecule is C[C@@H]1CN(C(=O)c2c(Cl)c(C(F)(F)F)nn2C)CC[C@]1(C)O. The zero-order chi connectivity index (χ0) is 16.9. The number of aliphatic hydroxyl groups is 1. The number of carbonyl (C=O) groups excluding carboxylic acids is 1. The quantitative estimate of drug-likeness (QED) is 0.854. The van der Waals surface area contributed by atoms with Crippen molar-refractivity contribution in [3.05, 3.63) is 16.4 Å². The third-order valence-electron chi connectivity index (χ3n) is 4.19. The third kappa shape index (κ3) is 2.94. The summed E-state index contributed by atoms with van der Waals surface area (Å²) in [4.78, 5) is 13.9. The predicted octanol–water partition coefficient (Wildman–Crippen LogP) is 2.33. The number of halogens is 4. The molecule has 0 spiro atoms. The number of hydrogen-bond donors (Lipinski definition) is 1. The minimum atomic E-state index is -4.72. The van der Waals surface area contributed by atoms with Crippen LogP contribution >= 0.6 is 11.6 Å². The van der Waals surface area contributed by atoms with Crippen LogP contribution in [0.5, 0.6) is 0 Å². The zero-order valence-corrected chi connectivity index (χ0v) is 13.2. The van der Waals surface area contributed by atoms with Crippen molar-refractivity contribution < 1.29 is 23.1 Å². The van der Waals surface area contributed by atoms with E-state index < -0.39 is 28.4 Å². The monoisotopic (exact) mass is 339 g/mol. The summed E-state index contributed by atoms with van der Waals surface area (Å²) in [5.41, 5.74) is -2.45. The van der Waals surface area contributed by atoms with Crippen LogP contribution in [0.2, 0.25) is 5.02 Å². The van der Waals surface area contributed by atoms with Gasteiger partial charge in [-0.2, -0.15) is 18.3 Å². The Balaban J connectivity index is 2.30. The number of carbonyl (C=O) groups is 1. The Morgan fingerprint density at radius 2 is 2.09 bits per heavy atom. The van der Waals surface area contributed by atoms with Gasteiger partial charge in [0.15, 0.2) is 5.69 Å². The Hall–Kier alpha value is -1.28. The second-order valence-corrected chi connectivity index (χ2v) is 6.27. The Bertz CT molecular complexity index is 598. The molecular formula is C13H17ClF3N3O2. The first-order chi connectivity index (χ1) is 9.95. The van der Waals surface area contributed by atoms with E-state index in [0.717, 1.165) is 4.68 Å². The highest BCUT2D eigenvalue weighted by Gasteiger charge is 2.42. The van der Waals surface area contributed by atoms with E-state index in [1.165, 1.54) is 11.9 Å². The van der Waals surface area contributed by atoms with Crippen molar-refractivity contribution in [3.63, 3.8) is 0 Å². The van der Waals surface area contributed by atoms with E-state index in [4.69, 9.17) is 11.6 Å². The Morgan fingerprint density at radius 3 is 2.55 bits per heavy atom. The van der Waals surface area contributed by atoms with Crippen LogP contribution in [0, 0.1) is 5.92 Å². The van der Waals surface area contributed by atoms with E-state index in [-0.39, 0.29) is 24.7 Å². The molecule has 9 heteroatoms. The molecule has 124 valence electrons. The summed E-state index contributed by atoms with van der Waals surface area (Å²) in [5.74, 6) is -0.808. The first-order valence-corrected chi connectivity index (χ1v) is 7.14. The van der Waals surface area contributed by atoms with Crippen molar-refractivity contribution in [1.82, 2.24) is 14.7 Å². The van der Waals surface area contributed by atoms with Gasteiger partial charge in [0.05, 0.1) is 5.60 Å². The van der Waals surface area contributed by atoms with Crippen molar-refractivity contribution in [1.29, 1.82) is 0 Å². The molecule has 0 unspecified atom stereocenters. The molecule has 1 aliphatic rings. The fourth-order valence-electron chi connectivity index (χ4n) is 2.47. The Labute approximate surface area is 130 Å². The molecular weight excluding hydrogens is 323 g/mol. The molecule has 1 saturated heterocycles. The number of aryl methyl sites for hydroxylation is 1. The Kier molecular flexibility index (Phi) is 4.20. The molecule has 2 heterocycles. The second kappa shape index (κ2) is 5.42. The molecule has 1 fully saturated rings. The minimum Gasteiger partial charge on any atom is -0.390 e. The molecule has 2 atom stereocenters. The summed E-state index contributed by atoms with van der Waals surface area (Å²) < 4.78 is 39.2. The van der Waals surface area contributed by atoms with Gasteiger partial charge in [-0.25, -0.2) is 0 Å². The highest BCUT2D eigenvalue weighted by Crippen LogP contribution is 2.36. The molecule has 1 aromatic heterocycles. The first kappa shape index (κ1) is 17.1. The predicted molar refractivity (Wildman–Crippen MR) is 73.5 cm³/mol. The maximum absolute atomic E-state index is 12.8. The highest BCUT2D eigenvalue weighted by atomic mass is 35.5. The average molecular weight is 340 g/mol. The number of aromatic nitrogens is 2. The standard InChI is InChI=1S/C13H17ClF3N3O2/c1-7-6-20(5-4-12(7,2)22)11(21)9-8(14)10(13(15,16)17)18-19(9)3/h7,22H,4-6H2,1-3H3/t7-,12+/m1/s1. The lowest BCUT2D eigenvalue weighted by Gasteiger charge is -2.41. The van der Waals surface area contributed by atoms with Crippen LogP contribution in [0.15, 0.2) is 0 Å². The molecule has 22 heavy (non-hydrogen) atoms. The lowest BCUT2D eigenvalue weighted by Crippen LogP contribution is -2.51. The maximum atomic E-state index is 12.8. The summed E-state index contributed by atoms with van der Waals surface area (Å²) in [6, 6.07) is 0. The smallest absolute Gasteiger partial charge is 0.390 e. The van der Waals surface area contributed by atoms with E-state index in [1.54, 1.807) is 13.8 Å². The molecule has 0 aromatic carbocycles. The second-order valence-electron chi connectivity index (χ2n) is 5.89. The van der Waals surface area contributed by atoms with Gasteiger partial charge in [0, 0.05) is 26.1 Å². The Morgan fingerprint density at radius 1 is 1.50 bits per heavy atom. The number of rotatable bonds is 1. The van der Waals surface area contributed by atoms with E-state index in [2.05, 4.69) is 5.10 Å². The molecule has 1 N–H and O–H groups in total. The average Bonchev–Trinajstić information content (AvgIpc) is 2.67. The van der Waals surface area contributed by atoms with Gasteiger partial charge in [0.25, 0.3) is 5.91 Å². The van der Waals surface area contributed by atoms with Crippen LogP contribution in [-0.4, -0.2) is 44.4 Å². The summed E-state index contributed by atoms with van der Waals surface area (Å²) in [6.07, 6.45) is -4.37. The maximum Gasteiger partial charge on any atom is 0.436 e.